The summed E-state index contributed by atoms with van der Waals surface area (Å²) in [6.45, 7) is 5.99. The second kappa shape index (κ2) is 8.63. The number of benzene rings is 2. The molecule has 1 saturated heterocycles. The smallest absolute Gasteiger partial charge is 0.228 e. The van der Waals surface area contributed by atoms with Gasteiger partial charge in [-0.3, -0.25) is 9.59 Å². The Morgan fingerprint density at radius 1 is 1.10 bits per heavy atom. The molecule has 0 unspecified atom stereocenters. The lowest BCUT2D eigenvalue weighted by Gasteiger charge is -2.42. The number of amides is 2. The second-order valence-electron chi connectivity index (χ2n) is 9.02. The van der Waals surface area contributed by atoms with E-state index in [1.807, 2.05) is 36.1 Å². The predicted molar refractivity (Wildman–Crippen MR) is 120 cm³/mol. The third kappa shape index (κ3) is 4.14. The quantitative estimate of drug-likeness (QED) is 0.780. The van der Waals surface area contributed by atoms with E-state index in [4.69, 9.17) is 0 Å². The molecule has 0 bridgehead atoms. The van der Waals surface area contributed by atoms with Gasteiger partial charge in [0.05, 0.1) is 5.41 Å². The molecule has 0 spiro atoms. The van der Waals surface area contributed by atoms with Crippen LogP contribution in [0.25, 0.3) is 11.1 Å². The Labute approximate surface area is 179 Å². The lowest BCUT2D eigenvalue weighted by Crippen LogP contribution is -2.54. The van der Waals surface area contributed by atoms with Gasteiger partial charge in [-0.2, -0.15) is 0 Å². The fourth-order valence-corrected chi connectivity index (χ4v) is 4.92. The molecule has 3 atom stereocenters. The summed E-state index contributed by atoms with van der Waals surface area (Å²) in [4.78, 5) is 28.3. The molecule has 0 aromatic heterocycles. The fraction of sp³-hybridized carbons (Fsp3) is 0.462. The number of likely N-dealkylation sites (tertiary alicyclic amines) is 1. The number of piperidine rings is 1. The van der Waals surface area contributed by atoms with Gasteiger partial charge in [0.1, 0.15) is 0 Å². The summed E-state index contributed by atoms with van der Waals surface area (Å²) < 4.78 is 0. The van der Waals surface area contributed by atoms with E-state index in [2.05, 4.69) is 42.6 Å². The number of carbonyl (C=O) groups is 2. The first-order chi connectivity index (χ1) is 14.5. The van der Waals surface area contributed by atoms with Crippen molar-refractivity contribution in [1.82, 2.24) is 10.2 Å². The minimum Gasteiger partial charge on any atom is -0.356 e. The molecule has 0 radical (unpaired) electrons. The van der Waals surface area contributed by atoms with E-state index in [-0.39, 0.29) is 17.7 Å². The third-order valence-electron chi connectivity index (χ3n) is 6.77. The Morgan fingerprint density at radius 3 is 2.50 bits per heavy atom. The Bertz CT molecular complexity index is 910. The molecule has 2 fully saturated rings. The number of rotatable bonds is 6. The van der Waals surface area contributed by atoms with Gasteiger partial charge >= 0.3 is 0 Å². The first kappa shape index (κ1) is 20.6. The maximum atomic E-state index is 13.3. The van der Waals surface area contributed by atoms with Gasteiger partial charge in [-0.15, -0.1) is 0 Å². The first-order valence-corrected chi connectivity index (χ1v) is 11.2. The zero-order valence-electron chi connectivity index (χ0n) is 18.1. The maximum absolute atomic E-state index is 13.3. The summed E-state index contributed by atoms with van der Waals surface area (Å²) in [6.07, 6.45) is 3.32. The summed E-state index contributed by atoms with van der Waals surface area (Å²) in [5.41, 5.74) is 2.92. The van der Waals surface area contributed by atoms with Crippen LogP contribution in [0.1, 0.15) is 38.7 Å². The van der Waals surface area contributed by atoms with E-state index in [0.717, 1.165) is 31.4 Å². The summed E-state index contributed by atoms with van der Waals surface area (Å²) in [5, 5.41) is 3.07. The molecule has 1 saturated carbocycles. The zero-order chi connectivity index (χ0) is 21.1. The highest BCUT2D eigenvalue weighted by molar-refractivity contribution is 5.86. The van der Waals surface area contributed by atoms with E-state index >= 15 is 0 Å². The highest BCUT2D eigenvalue weighted by atomic mass is 16.2. The average molecular weight is 405 g/mol. The molecule has 1 N–H and O–H groups in total. The summed E-state index contributed by atoms with van der Waals surface area (Å²) in [5.74, 6) is 0.963. The zero-order valence-corrected chi connectivity index (χ0v) is 18.1. The van der Waals surface area contributed by atoms with Crippen LogP contribution in [-0.2, 0) is 16.0 Å². The summed E-state index contributed by atoms with van der Waals surface area (Å²) >= 11 is 0. The number of hydrogen-bond donors (Lipinski definition) is 1. The molecule has 1 aliphatic carbocycles. The van der Waals surface area contributed by atoms with Gasteiger partial charge in [0, 0.05) is 25.6 Å². The van der Waals surface area contributed by atoms with Gasteiger partial charge in [-0.05, 0) is 55.2 Å². The van der Waals surface area contributed by atoms with E-state index in [1.165, 1.54) is 11.1 Å². The summed E-state index contributed by atoms with van der Waals surface area (Å²) in [7, 11) is 0. The minimum atomic E-state index is -0.576. The van der Waals surface area contributed by atoms with Gasteiger partial charge in [-0.25, -0.2) is 0 Å². The molecule has 2 aliphatic rings. The standard InChI is InChI=1S/C26H32N2O2/c1-3-27-25(30)26(14-9-15-28(18-26)24(29)23-16-19(23)2)17-21-12-7-8-13-22(21)20-10-5-4-6-11-20/h4-8,10-13,19,23H,3,9,14-18H2,1-2H3,(H,27,30)/t19-,23+,26-/m0/s1. The number of hydrogen-bond acceptors (Lipinski definition) is 2. The van der Waals surface area contributed by atoms with E-state index in [0.29, 0.717) is 25.4 Å². The van der Waals surface area contributed by atoms with E-state index in [1.54, 1.807) is 0 Å². The Kier molecular flexibility index (Phi) is 5.94. The molecular weight excluding hydrogens is 372 g/mol. The molecule has 1 aliphatic heterocycles. The SMILES string of the molecule is CCNC(=O)[C@]1(Cc2ccccc2-c2ccccc2)CCCN(C(=O)[C@@H]2C[C@@H]2C)C1. The topological polar surface area (TPSA) is 49.4 Å². The molecule has 2 aromatic rings. The van der Waals surface area contributed by atoms with Crippen molar-refractivity contribution >= 4 is 11.8 Å². The van der Waals surface area contributed by atoms with Crippen LogP contribution in [-0.4, -0.2) is 36.3 Å². The lowest BCUT2D eigenvalue weighted by atomic mass is 9.73. The van der Waals surface area contributed by atoms with Crippen LogP contribution in [0.2, 0.25) is 0 Å². The van der Waals surface area contributed by atoms with Gasteiger partial charge < -0.3 is 10.2 Å². The van der Waals surface area contributed by atoms with Crippen molar-refractivity contribution in [2.45, 2.75) is 39.5 Å². The fourth-order valence-electron chi connectivity index (χ4n) is 4.92. The largest absolute Gasteiger partial charge is 0.356 e. The molecule has 30 heavy (non-hydrogen) atoms. The van der Waals surface area contributed by atoms with Crippen molar-refractivity contribution in [3.63, 3.8) is 0 Å². The number of carbonyl (C=O) groups excluding carboxylic acids is 2. The van der Waals surface area contributed by atoms with Gasteiger partial charge in [0.2, 0.25) is 11.8 Å². The Hall–Kier alpha value is -2.62. The molecule has 4 nitrogen and oxygen atoms in total. The molecule has 158 valence electrons. The number of nitrogens with zero attached hydrogens (tertiary/aromatic N) is 1. The van der Waals surface area contributed by atoms with Crippen LogP contribution in [0.4, 0.5) is 0 Å². The third-order valence-corrected chi connectivity index (χ3v) is 6.77. The molecule has 4 heteroatoms. The lowest BCUT2D eigenvalue weighted by molar-refractivity contribution is -0.142. The summed E-state index contributed by atoms with van der Waals surface area (Å²) in [6, 6.07) is 18.7. The molecule has 1 heterocycles. The number of nitrogens with one attached hydrogen (secondary N) is 1. The average Bonchev–Trinajstić information content (AvgIpc) is 3.51. The molecule has 2 amide bonds. The highest BCUT2D eigenvalue weighted by Gasteiger charge is 2.47. The molecule has 4 rings (SSSR count). The van der Waals surface area contributed by atoms with Crippen LogP contribution in [0.5, 0.6) is 0 Å². The van der Waals surface area contributed by atoms with Gasteiger partial charge in [0.25, 0.3) is 0 Å². The van der Waals surface area contributed by atoms with Crippen LogP contribution < -0.4 is 5.32 Å². The highest BCUT2D eigenvalue weighted by Crippen LogP contribution is 2.42. The van der Waals surface area contributed by atoms with E-state index in [9.17, 15) is 9.59 Å². The minimum absolute atomic E-state index is 0.0780. The van der Waals surface area contributed by atoms with Crippen molar-refractivity contribution in [3.05, 3.63) is 60.2 Å². The van der Waals surface area contributed by atoms with Crippen molar-refractivity contribution in [3.8, 4) is 11.1 Å². The Morgan fingerprint density at radius 2 is 1.80 bits per heavy atom. The first-order valence-electron chi connectivity index (χ1n) is 11.2. The van der Waals surface area contributed by atoms with Crippen molar-refractivity contribution in [2.75, 3.05) is 19.6 Å². The predicted octanol–water partition coefficient (Wildman–Crippen LogP) is 4.30. The molecular formula is C26H32N2O2. The van der Waals surface area contributed by atoms with Crippen LogP contribution in [0.3, 0.4) is 0 Å². The van der Waals surface area contributed by atoms with Crippen LogP contribution in [0, 0.1) is 17.3 Å². The van der Waals surface area contributed by atoms with Crippen molar-refractivity contribution < 1.29 is 9.59 Å². The Balaban J connectivity index is 1.65. The van der Waals surface area contributed by atoms with Gasteiger partial charge in [0.15, 0.2) is 0 Å². The van der Waals surface area contributed by atoms with Crippen molar-refractivity contribution in [2.24, 2.45) is 17.3 Å². The van der Waals surface area contributed by atoms with Crippen LogP contribution in [0.15, 0.2) is 54.6 Å². The van der Waals surface area contributed by atoms with Crippen molar-refractivity contribution in [1.29, 1.82) is 0 Å². The van der Waals surface area contributed by atoms with Crippen LogP contribution >= 0.6 is 0 Å². The monoisotopic (exact) mass is 404 g/mol. The van der Waals surface area contributed by atoms with E-state index < -0.39 is 5.41 Å². The maximum Gasteiger partial charge on any atom is 0.228 e. The normalized spacial score (nSPS) is 25.6. The second-order valence-corrected chi connectivity index (χ2v) is 9.02. The van der Waals surface area contributed by atoms with Gasteiger partial charge in [-0.1, -0.05) is 61.5 Å². The molecule has 2 aromatic carbocycles.